The SMILES string of the molecule is CC1CCOc2ccccc21.CCCCN1c2ccccc2Sc2ccccc21. The van der Waals surface area contributed by atoms with Crippen molar-refractivity contribution >= 4 is 23.1 Å². The van der Waals surface area contributed by atoms with Gasteiger partial charge in [-0.05, 0) is 54.7 Å². The van der Waals surface area contributed by atoms with Crippen LogP contribution in [0.5, 0.6) is 5.75 Å². The fraction of sp³-hybridized carbons (Fsp3) is 0.308. The molecule has 150 valence electrons. The van der Waals surface area contributed by atoms with E-state index in [-0.39, 0.29) is 0 Å². The van der Waals surface area contributed by atoms with Crippen LogP contribution >= 0.6 is 11.8 Å². The second-order valence-corrected chi connectivity index (χ2v) is 8.70. The first-order valence-corrected chi connectivity index (χ1v) is 11.4. The van der Waals surface area contributed by atoms with Crippen molar-refractivity contribution in [3.05, 3.63) is 78.4 Å². The molecule has 2 aliphatic heterocycles. The molecular weight excluding hydrogens is 374 g/mol. The molecule has 0 bridgehead atoms. The number of fused-ring (bicyclic) bond motifs is 3. The molecule has 0 aliphatic carbocycles. The third-order valence-electron chi connectivity index (χ3n) is 5.53. The predicted molar refractivity (Wildman–Crippen MR) is 124 cm³/mol. The van der Waals surface area contributed by atoms with Gasteiger partial charge in [-0.3, -0.25) is 0 Å². The van der Waals surface area contributed by atoms with Crippen molar-refractivity contribution in [1.29, 1.82) is 0 Å². The lowest BCUT2D eigenvalue weighted by Gasteiger charge is -2.32. The lowest BCUT2D eigenvalue weighted by atomic mass is 9.95. The fourth-order valence-electron chi connectivity index (χ4n) is 3.86. The summed E-state index contributed by atoms with van der Waals surface area (Å²) in [6.07, 6.45) is 3.61. The summed E-state index contributed by atoms with van der Waals surface area (Å²) in [4.78, 5) is 5.20. The molecule has 0 spiro atoms. The van der Waals surface area contributed by atoms with Crippen LogP contribution in [-0.2, 0) is 0 Å². The van der Waals surface area contributed by atoms with Crippen LogP contribution in [0.15, 0.2) is 82.6 Å². The molecule has 0 amide bonds. The summed E-state index contributed by atoms with van der Waals surface area (Å²) in [5.74, 6) is 1.74. The van der Waals surface area contributed by atoms with Gasteiger partial charge in [0, 0.05) is 16.3 Å². The quantitative estimate of drug-likeness (QED) is 0.445. The van der Waals surface area contributed by atoms with Crippen LogP contribution < -0.4 is 9.64 Å². The van der Waals surface area contributed by atoms with Gasteiger partial charge in [0.05, 0.1) is 18.0 Å². The van der Waals surface area contributed by atoms with Gasteiger partial charge in [-0.25, -0.2) is 0 Å². The van der Waals surface area contributed by atoms with Crippen LogP contribution in [0.2, 0.25) is 0 Å². The molecule has 0 fully saturated rings. The number of para-hydroxylation sites is 3. The Kier molecular flexibility index (Phi) is 6.46. The average molecular weight is 404 g/mol. The van der Waals surface area contributed by atoms with E-state index in [1.54, 1.807) is 0 Å². The van der Waals surface area contributed by atoms with E-state index in [1.807, 2.05) is 23.9 Å². The first kappa shape index (κ1) is 19.9. The molecule has 5 rings (SSSR count). The zero-order valence-electron chi connectivity index (χ0n) is 17.3. The van der Waals surface area contributed by atoms with Crippen molar-refractivity contribution in [3.8, 4) is 5.75 Å². The van der Waals surface area contributed by atoms with Crippen molar-refractivity contribution in [2.24, 2.45) is 0 Å². The third kappa shape index (κ3) is 4.45. The topological polar surface area (TPSA) is 12.5 Å². The number of hydrogen-bond donors (Lipinski definition) is 0. The van der Waals surface area contributed by atoms with Crippen molar-refractivity contribution in [1.82, 2.24) is 0 Å². The van der Waals surface area contributed by atoms with Gasteiger partial charge in [0.1, 0.15) is 5.75 Å². The van der Waals surface area contributed by atoms with Gasteiger partial charge < -0.3 is 9.64 Å². The highest BCUT2D eigenvalue weighted by Gasteiger charge is 2.21. The van der Waals surface area contributed by atoms with E-state index in [9.17, 15) is 0 Å². The lowest BCUT2D eigenvalue weighted by Crippen LogP contribution is -2.21. The van der Waals surface area contributed by atoms with Crippen LogP contribution in [0.1, 0.15) is 44.6 Å². The second-order valence-electron chi connectivity index (χ2n) is 7.62. The summed E-state index contributed by atoms with van der Waals surface area (Å²) >= 11 is 1.88. The standard InChI is InChI=1S/C16H17NS.C10H12O/c1-2-3-12-17-13-8-4-6-10-15(13)18-16-11-7-5-9-14(16)17;1-8-6-7-11-10-5-3-2-4-9(8)10/h4-11H,2-3,12H2,1H3;2-5,8H,6-7H2,1H3. The van der Waals surface area contributed by atoms with Crippen LogP contribution in [0.25, 0.3) is 0 Å². The van der Waals surface area contributed by atoms with E-state index in [0.717, 1.165) is 25.3 Å². The van der Waals surface area contributed by atoms with E-state index >= 15 is 0 Å². The highest BCUT2D eigenvalue weighted by molar-refractivity contribution is 7.99. The van der Waals surface area contributed by atoms with E-state index in [2.05, 4.69) is 79.4 Å². The molecule has 3 heteroatoms. The number of benzene rings is 3. The van der Waals surface area contributed by atoms with Gasteiger partial charge in [-0.1, -0.05) is 74.5 Å². The Balaban J connectivity index is 0.000000159. The van der Waals surface area contributed by atoms with Crippen LogP contribution in [0.4, 0.5) is 11.4 Å². The van der Waals surface area contributed by atoms with Gasteiger partial charge in [0.25, 0.3) is 0 Å². The monoisotopic (exact) mass is 403 g/mol. The lowest BCUT2D eigenvalue weighted by molar-refractivity contribution is 0.272. The van der Waals surface area contributed by atoms with Gasteiger partial charge in [0.2, 0.25) is 0 Å². The smallest absolute Gasteiger partial charge is 0.122 e. The van der Waals surface area contributed by atoms with Crippen molar-refractivity contribution < 1.29 is 4.74 Å². The summed E-state index contributed by atoms with van der Waals surface area (Å²) in [5, 5.41) is 0. The van der Waals surface area contributed by atoms with Gasteiger partial charge in [-0.2, -0.15) is 0 Å². The third-order valence-corrected chi connectivity index (χ3v) is 6.66. The molecule has 2 heterocycles. The molecular formula is C26H29NOS. The van der Waals surface area contributed by atoms with Gasteiger partial charge >= 0.3 is 0 Å². The molecule has 2 nitrogen and oxygen atoms in total. The summed E-state index contributed by atoms with van der Waals surface area (Å²) in [7, 11) is 0. The Morgan fingerprint density at radius 2 is 1.52 bits per heavy atom. The summed E-state index contributed by atoms with van der Waals surface area (Å²) in [5.41, 5.74) is 4.07. The van der Waals surface area contributed by atoms with Gasteiger partial charge in [0.15, 0.2) is 0 Å². The maximum absolute atomic E-state index is 5.49. The molecule has 1 unspecified atom stereocenters. The number of nitrogens with zero attached hydrogens (tertiary/aromatic N) is 1. The summed E-state index contributed by atoms with van der Waals surface area (Å²) in [6, 6.07) is 25.7. The van der Waals surface area contributed by atoms with Crippen LogP contribution in [-0.4, -0.2) is 13.2 Å². The zero-order chi connectivity index (χ0) is 20.1. The molecule has 0 aromatic heterocycles. The normalized spacial score (nSPS) is 16.5. The minimum absolute atomic E-state index is 0.667. The Labute approximate surface area is 178 Å². The van der Waals surface area contributed by atoms with Crippen LogP contribution in [0, 0.1) is 0 Å². The number of unbranched alkanes of at least 4 members (excludes halogenated alkanes) is 1. The maximum atomic E-state index is 5.49. The molecule has 3 aromatic carbocycles. The van der Waals surface area contributed by atoms with Gasteiger partial charge in [-0.15, -0.1) is 0 Å². The summed E-state index contributed by atoms with van der Waals surface area (Å²) in [6.45, 7) is 6.47. The predicted octanol–water partition coefficient (Wildman–Crippen LogP) is 7.66. The maximum Gasteiger partial charge on any atom is 0.122 e. The average Bonchev–Trinajstić information content (AvgIpc) is 2.77. The van der Waals surface area contributed by atoms with E-state index in [0.29, 0.717) is 5.92 Å². The number of hydrogen-bond acceptors (Lipinski definition) is 3. The minimum Gasteiger partial charge on any atom is -0.493 e. The first-order valence-electron chi connectivity index (χ1n) is 10.6. The highest BCUT2D eigenvalue weighted by atomic mass is 32.2. The Morgan fingerprint density at radius 3 is 2.17 bits per heavy atom. The molecule has 29 heavy (non-hydrogen) atoms. The van der Waals surface area contributed by atoms with E-state index in [4.69, 9.17) is 4.74 Å². The molecule has 0 radical (unpaired) electrons. The molecule has 3 aromatic rings. The highest BCUT2D eigenvalue weighted by Crippen LogP contribution is 2.47. The van der Waals surface area contributed by atoms with Crippen molar-refractivity contribution in [2.45, 2.75) is 48.8 Å². The molecule has 0 N–H and O–H groups in total. The summed E-state index contributed by atoms with van der Waals surface area (Å²) < 4.78 is 5.49. The van der Waals surface area contributed by atoms with Crippen molar-refractivity contribution in [2.75, 3.05) is 18.1 Å². The number of rotatable bonds is 3. The Hall–Kier alpha value is -2.39. The Morgan fingerprint density at radius 1 is 0.897 bits per heavy atom. The molecule has 0 saturated carbocycles. The minimum atomic E-state index is 0.667. The first-order chi connectivity index (χ1) is 14.3. The zero-order valence-corrected chi connectivity index (χ0v) is 18.1. The number of anilines is 2. The largest absolute Gasteiger partial charge is 0.493 e. The van der Waals surface area contributed by atoms with E-state index in [1.165, 1.54) is 39.6 Å². The molecule has 1 atom stereocenters. The number of ether oxygens (including phenoxy) is 1. The van der Waals surface area contributed by atoms with E-state index < -0.39 is 0 Å². The van der Waals surface area contributed by atoms with Crippen LogP contribution in [0.3, 0.4) is 0 Å². The molecule has 0 saturated heterocycles. The molecule has 2 aliphatic rings. The fourth-order valence-corrected chi connectivity index (χ4v) is 4.95. The Bertz CT molecular complexity index is 909. The van der Waals surface area contributed by atoms with Crippen molar-refractivity contribution in [3.63, 3.8) is 0 Å². The second kappa shape index (κ2) is 9.41.